The van der Waals surface area contributed by atoms with Crippen molar-refractivity contribution in [3.05, 3.63) is 18.5 Å². The van der Waals surface area contributed by atoms with E-state index in [0.29, 0.717) is 6.10 Å². The highest BCUT2D eigenvalue weighted by Gasteiger charge is 2.16. The quantitative estimate of drug-likeness (QED) is 0.870. The summed E-state index contributed by atoms with van der Waals surface area (Å²) in [6.07, 6.45) is 7.80. The molecule has 1 saturated heterocycles. The van der Waals surface area contributed by atoms with Crippen LogP contribution < -0.4 is 10.2 Å². The second-order valence-electron chi connectivity index (χ2n) is 4.83. The van der Waals surface area contributed by atoms with Crippen molar-refractivity contribution < 1.29 is 4.74 Å². The lowest BCUT2D eigenvalue weighted by molar-refractivity contribution is 0.0216. The molecule has 0 aliphatic carbocycles. The van der Waals surface area contributed by atoms with Crippen molar-refractivity contribution in [2.24, 2.45) is 0 Å². The van der Waals surface area contributed by atoms with Crippen LogP contribution in [0.4, 0.5) is 11.4 Å². The van der Waals surface area contributed by atoms with Crippen molar-refractivity contribution in [2.45, 2.75) is 32.3 Å². The molecule has 2 heterocycles. The van der Waals surface area contributed by atoms with Gasteiger partial charge in [-0.3, -0.25) is 4.98 Å². The molecule has 1 fully saturated rings. The Bertz CT molecular complexity index is 364. The molecule has 1 aromatic heterocycles. The molecule has 18 heavy (non-hydrogen) atoms. The van der Waals surface area contributed by atoms with Crippen LogP contribution in [0.25, 0.3) is 0 Å². The lowest BCUT2D eigenvalue weighted by Gasteiger charge is -2.28. The largest absolute Gasteiger partial charge is 0.384 e. The third-order valence-electron chi connectivity index (χ3n) is 3.30. The zero-order chi connectivity index (χ0) is 12.8. The van der Waals surface area contributed by atoms with Crippen LogP contribution >= 0.6 is 0 Å². The highest BCUT2D eigenvalue weighted by Crippen LogP contribution is 2.19. The van der Waals surface area contributed by atoms with E-state index in [-0.39, 0.29) is 0 Å². The molecular formula is C14H23N3O. The fourth-order valence-electron chi connectivity index (χ4n) is 2.30. The highest BCUT2D eigenvalue weighted by molar-refractivity contribution is 5.55. The summed E-state index contributed by atoms with van der Waals surface area (Å²) in [5.74, 6) is 0. The molecule has 0 aromatic carbocycles. The number of pyridine rings is 1. The van der Waals surface area contributed by atoms with E-state index in [1.54, 1.807) is 0 Å². The van der Waals surface area contributed by atoms with E-state index in [2.05, 4.69) is 35.2 Å². The van der Waals surface area contributed by atoms with E-state index in [1.165, 1.54) is 19.3 Å². The maximum atomic E-state index is 5.77. The SMILES string of the molecule is CCNc1cncc(N(C)CC2CCCCO2)c1. The van der Waals surface area contributed by atoms with Crippen molar-refractivity contribution in [1.82, 2.24) is 4.98 Å². The number of hydrogen-bond donors (Lipinski definition) is 1. The van der Waals surface area contributed by atoms with Gasteiger partial charge in [0.1, 0.15) is 0 Å². The molecule has 1 N–H and O–H groups in total. The first-order valence-electron chi connectivity index (χ1n) is 6.81. The van der Waals surface area contributed by atoms with Gasteiger partial charge in [0, 0.05) is 26.7 Å². The summed E-state index contributed by atoms with van der Waals surface area (Å²) in [5.41, 5.74) is 2.22. The number of ether oxygens (including phenoxy) is 1. The fraction of sp³-hybridized carbons (Fsp3) is 0.643. The van der Waals surface area contributed by atoms with Gasteiger partial charge in [-0.1, -0.05) is 0 Å². The van der Waals surface area contributed by atoms with Gasteiger partial charge in [0.2, 0.25) is 0 Å². The van der Waals surface area contributed by atoms with Gasteiger partial charge in [-0.15, -0.1) is 0 Å². The van der Waals surface area contributed by atoms with Gasteiger partial charge in [0.15, 0.2) is 0 Å². The van der Waals surface area contributed by atoms with Crippen molar-refractivity contribution in [3.8, 4) is 0 Å². The molecule has 0 radical (unpaired) electrons. The van der Waals surface area contributed by atoms with E-state index in [9.17, 15) is 0 Å². The average Bonchev–Trinajstić information content (AvgIpc) is 2.40. The number of anilines is 2. The maximum absolute atomic E-state index is 5.77. The van der Waals surface area contributed by atoms with E-state index in [4.69, 9.17) is 4.74 Å². The predicted molar refractivity (Wildman–Crippen MR) is 75.3 cm³/mol. The van der Waals surface area contributed by atoms with Crippen LogP contribution in [0.3, 0.4) is 0 Å². The van der Waals surface area contributed by atoms with E-state index in [0.717, 1.165) is 31.1 Å². The summed E-state index contributed by atoms with van der Waals surface area (Å²) in [7, 11) is 2.10. The molecule has 1 aliphatic heterocycles. The lowest BCUT2D eigenvalue weighted by atomic mass is 10.1. The first kappa shape index (κ1) is 13.1. The maximum Gasteiger partial charge on any atom is 0.0749 e. The predicted octanol–water partition coefficient (Wildman–Crippen LogP) is 2.52. The minimum absolute atomic E-state index is 0.367. The minimum Gasteiger partial charge on any atom is -0.384 e. The van der Waals surface area contributed by atoms with E-state index < -0.39 is 0 Å². The summed E-state index contributed by atoms with van der Waals surface area (Å²) in [6.45, 7) is 4.86. The second-order valence-corrected chi connectivity index (χ2v) is 4.83. The van der Waals surface area contributed by atoms with Crippen molar-refractivity contribution in [3.63, 3.8) is 0 Å². The molecule has 1 atom stereocenters. The normalized spacial score (nSPS) is 19.6. The van der Waals surface area contributed by atoms with Gasteiger partial charge in [-0.05, 0) is 32.3 Å². The standard InChI is InChI=1S/C14H23N3O/c1-3-16-12-8-13(10-15-9-12)17(2)11-14-6-4-5-7-18-14/h8-10,14,16H,3-7,11H2,1-2H3. The molecule has 0 saturated carbocycles. The molecule has 1 unspecified atom stereocenters. The molecule has 0 amide bonds. The van der Waals surface area contributed by atoms with E-state index in [1.807, 2.05) is 12.4 Å². The Hall–Kier alpha value is -1.29. The van der Waals surface area contributed by atoms with Crippen LogP contribution in [-0.2, 0) is 4.74 Å². The number of rotatable bonds is 5. The average molecular weight is 249 g/mol. The second kappa shape index (κ2) is 6.59. The van der Waals surface area contributed by atoms with Gasteiger partial charge in [0.05, 0.1) is 29.9 Å². The molecule has 1 aliphatic rings. The van der Waals surface area contributed by atoms with E-state index >= 15 is 0 Å². The summed E-state index contributed by atoms with van der Waals surface area (Å²) in [6, 6.07) is 2.14. The third-order valence-corrected chi connectivity index (χ3v) is 3.30. The number of nitrogens with one attached hydrogen (secondary N) is 1. The molecule has 4 nitrogen and oxygen atoms in total. The van der Waals surface area contributed by atoms with Crippen LogP contribution in [0.2, 0.25) is 0 Å². The Morgan fingerprint density at radius 2 is 2.33 bits per heavy atom. The van der Waals surface area contributed by atoms with Gasteiger partial charge >= 0.3 is 0 Å². The van der Waals surface area contributed by atoms with Crippen LogP contribution in [0.15, 0.2) is 18.5 Å². The molecule has 0 bridgehead atoms. The molecule has 4 heteroatoms. The number of aromatic nitrogens is 1. The summed E-state index contributed by atoms with van der Waals surface area (Å²) in [5, 5.41) is 3.29. The monoisotopic (exact) mass is 249 g/mol. The summed E-state index contributed by atoms with van der Waals surface area (Å²) >= 11 is 0. The Morgan fingerprint density at radius 3 is 3.06 bits per heavy atom. The van der Waals surface area contributed by atoms with Crippen LogP contribution in [0.1, 0.15) is 26.2 Å². The minimum atomic E-state index is 0.367. The Kier molecular flexibility index (Phi) is 4.81. The first-order chi connectivity index (χ1) is 8.79. The lowest BCUT2D eigenvalue weighted by Crippen LogP contribution is -2.33. The Morgan fingerprint density at radius 1 is 1.44 bits per heavy atom. The molecule has 1 aromatic rings. The first-order valence-corrected chi connectivity index (χ1v) is 6.81. The molecule has 0 spiro atoms. The van der Waals surface area contributed by atoms with Gasteiger partial charge in [-0.25, -0.2) is 0 Å². The van der Waals surface area contributed by atoms with Gasteiger partial charge in [0.25, 0.3) is 0 Å². The van der Waals surface area contributed by atoms with Crippen LogP contribution in [0, 0.1) is 0 Å². The Labute approximate surface area is 109 Å². The zero-order valence-corrected chi connectivity index (χ0v) is 11.4. The zero-order valence-electron chi connectivity index (χ0n) is 11.4. The number of hydrogen-bond acceptors (Lipinski definition) is 4. The molecule has 100 valence electrons. The molecule has 2 rings (SSSR count). The number of nitrogens with zero attached hydrogens (tertiary/aromatic N) is 2. The van der Waals surface area contributed by atoms with Crippen molar-refractivity contribution >= 4 is 11.4 Å². The van der Waals surface area contributed by atoms with Gasteiger partial charge in [-0.2, -0.15) is 0 Å². The van der Waals surface area contributed by atoms with Crippen LogP contribution in [0.5, 0.6) is 0 Å². The van der Waals surface area contributed by atoms with Crippen molar-refractivity contribution in [1.29, 1.82) is 0 Å². The number of likely N-dealkylation sites (N-methyl/N-ethyl adjacent to an activating group) is 1. The fourth-order valence-corrected chi connectivity index (χ4v) is 2.30. The summed E-state index contributed by atoms with van der Waals surface area (Å²) < 4.78 is 5.77. The summed E-state index contributed by atoms with van der Waals surface area (Å²) in [4.78, 5) is 6.50. The topological polar surface area (TPSA) is 37.4 Å². The molecular weight excluding hydrogens is 226 g/mol. The Balaban J connectivity index is 1.94. The van der Waals surface area contributed by atoms with Gasteiger partial charge < -0.3 is 15.0 Å². The smallest absolute Gasteiger partial charge is 0.0749 e. The third kappa shape index (κ3) is 3.60. The van der Waals surface area contributed by atoms with Crippen molar-refractivity contribution in [2.75, 3.05) is 37.0 Å². The highest BCUT2D eigenvalue weighted by atomic mass is 16.5. The van der Waals surface area contributed by atoms with Crippen LogP contribution in [-0.4, -0.2) is 37.8 Å².